The Morgan fingerprint density at radius 1 is 0.620 bits per heavy atom. The summed E-state index contributed by atoms with van der Waals surface area (Å²) in [5.41, 5.74) is 10.7. The molecule has 0 aliphatic heterocycles. The van der Waals surface area contributed by atoms with E-state index in [0.717, 1.165) is 31.8 Å². The summed E-state index contributed by atoms with van der Waals surface area (Å²) in [6.45, 7) is 19.7. The first-order valence-electron chi connectivity index (χ1n) is 18.5. The molecular weight excluding hydrogens is 625 g/mol. The molecule has 2 atom stereocenters. The quantitative estimate of drug-likeness (QED) is 0.0758. The molecule has 0 heterocycles. The lowest BCUT2D eigenvalue weighted by molar-refractivity contribution is 0.248. The summed E-state index contributed by atoms with van der Waals surface area (Å²) in [6, 6.07) is 44.3. The lowest BCUT2D eigenvalue weighted by Crippen LogP contribution is -2.28. The average Bonchev–Trinajstić information content (AvgIpc) is 3.10. The predicted molar refractivity (Wildman–Crippen MR) is 217 cm³/mol. The second-order valence-electron chi connectivity index (χ2n) is 15.3. The highest BCUT2D eigenvalue weighted by atomic mass is 31.1. The molecule has 0 N–H and O–H groups in total. The molecule has 0 spiro atoms. The van der Waals surface area contributed by atoms with Crippen LogP contribution >= 0.6 is 8.58 Å². The number of hydrogen-bond donors (Lipinski definition) is 0. The zero-order valence-corrected chi connectivity index (χ0v) is 32.6. The van der Waals surface area contributed by atoms with Crippen LogP contribution in [0.5, 0.6) is 5.75 Å². The Hall–Kier alpha value is -3.71. The fourth-order valence-corrected chi connectivity index (χ4v) is 8.72. The van der Waals surface area contributed by atoms with Crippen molar-refractivity contribution < 1.29 is 4.74 Å². The molecule has 5 aromatic rings. The molecule has 2 unspecified atom stereocenters. The number of unbranched alkanes of at least 4 members (excludes halogenated alkanes) is 2. The third-order valence-electron chi connectivity index (χ3n) is 9.89. The van der Waals surface area contributed by atoms with E-state index in [4.69, 9.17) is 4.74 Å². The molecule has 0 aliphatic rings. The van der Waals surface area contributed by atoms with Crippen LogP contribution in [0.4, 0.5) is 0 Å². The number of rotatable bonds is 16. The van der Waals surface area contributed by atoms with E-state index in [9.17, 15) is 0 Å². The van der Waals surface area contributed by atoms with E-state index >= 15 is 0 Å². The van der Waals surface area contributed by atoms with E-state index in [0.29, 0.717) is 15.2 Å². The van der Waals surface area contributed by atoms with Gasteiger partial charge in [0.05, 0.1) is 0 Å². The van der Waals surface area contributed by atoms with Gasteiger partial charge < -0.3 is 4.74 Å². The monoisotopic (exact) mass is 683 g/mol. The van der Waals surface area contributed by atoms with Gasteiger partial charge >= 0.3 is 0 Å². The van der Waals surface area contributed by atoms with Gasteiger partial charge in [0.1, 0.15) is 12.4 Å². The highest BCUT2D eigenvalue weighted by Gasteiger charge is 2.34. The first-order chi connectivity index (χ1) is 24.1. The van der Waals surface area contributed by atoms with Gasteiger partial charge in [0.25, 0.3) is 0 Å². The minimum Gasteiger partial charge on any atom is -0.488 e. The van der Waals surface area contributed by atoms with Crippen molar-refractivity contribution in [1.29, 1.82) is 0 Å². The SMILES string of the molecule is CCCCCC(C)(Pc1c(C)cccc1CN(Cc1ccccc1)Cc1ccccc1)c1cc(C(C)(C)C)cc(C)c1OCc1ccccc1. The Labute approximate surface area is 305 Å². The standard InChI is InChI=1S/C47H58NOP/c1-8-9-19-29-47(7,43-31-42(46(4,5)6)30-37(3)44(43)49-35-40-26-17-12-18-27-40)50-45-36(2)21-20-28-41(45)34-48(32-38-22-13-10-14-23-38)33-39-24-15-11-16-25-39/h10-18,20-28,30-31,50H,8-9,19,29,32-35H2,1-7H3. The second-order valence-corrected chi connectivity index (χ2v) is 17.2. The van der Waals surface area contributed by atoms with Gasteiger partial charge in [-0.3, -0.25) is 4.90 Å². The maximum atomic E-state index is 6.87. The van der Waals surface area contributed by atoms with Crippen LogP contribution in [-0.4, -0.2) is 4.90 Å². The summed E-state index contributed by atoms with van der Waals surface area (Å²) in [7, 11) is 0.607. The molecule has 0 bridgehead atoms. The Morgan fingerprint density at radius 2 is 1.20 bits per heavy atom. The molecule has 50 heavy (non-hydrogen) atoms. The maximum absolute atomic E-state index is 6.87. The van der Waals surface area contributed by atoms with Gasteiger partial charge in [-0.2, -0.15) is 0 Å². The van der Waals surface area contributed by atoms with Crippen molar-refractivity contribution in [3.05, 3.63) is 166 Å². The van der Waals surface area contributed by atoms with Gasteiger partial charge in [0.15, 0.2) is 0 Å². The normalized spacial score (nSPS) is 13.2. The fourth-order valence-electron chi connectivity index (χ4n) is 6.94. The van der Waals surface area contributed by atoms with Crippen LogP contribution in [0, 0.1) is 13.8 Å². The number of aryl methyl sites for hydroxylation is 2. The highest BCUT2D eigenvalue weighted by molar-refractivity contribution is 7.48. The van der Waals surface area contributed by atoms with E-state index in [1.54, 1.807) is 0 Å². The molecule has 0 saturated heterocycles. The van der Waals surface area contributed by atoms with Crippen molar-refractivity contribution in [2.75, 3.05) is 0 Å². The van der Waals surface area contributed by atoms with Crippen LogP contribution in [0.3, 0.4) is 0 Å². The van der Waals surface area contributed by atoms with Gasteiger partial charge in [0.2, 0.25) is 0 Å². The van der Waals surface area contributed by atoms with E-state index in [-0.39, 0.29) is 10.6 Å². The molecule has 0 fully saturated rings. The molecule has 0 radical (unpaired) electrons. The average molecular weight is 684 g/mol. The van der Waals surface area contributed by atoms with Crippen molar-refractivity contribution in [1.82, 2.24) is 4.90 Å². The zero-order valence-electron chi connectivity index (χ0n) is 31.6. The molecule has 3 heteroatoms. The number of benzene rings is 5. The van der Waals surface area contributed by atoms with Crippen LogP contribution < -0.4 is 10.0 Å². The molecule has 0 amide bonds. The molecule has 2 nitrogen and oxygen atoms in total. The molecule has 5 rings (SSSR count). The summed E-state index contributed by atoms with van der Waals surface area (Å²) >= 11 is 0. The number of hydrogen-bond acceptors (Lipinski definition) is 2. The summed E-state index contributed by atoms with van der Waals surface area (Å²) < 4.78 is 6.87. The minimum absolute atomic E-state index is 0.0358. The van der Waals surface area contributed by atoms with Crippen molar-refractivity contribution in [2.24, 2.45) is 0 Å². The second kappa shape index (κ2) is 17.5. The highest BCUT2D eigenvalue weighted by Crippen LogP contribution is 2.51. The van der Waals surface area contributed by atoms with Crippen LogP contribution in [-0.2, 0) is 36.8 Å². The Bertz CT molecular complexity index is 1740. The molecular formula is C47H58NOP. The maximum Gasteiger partial charge on any atom is 0.126 e. The van der Waals surface area contributed by atoms with Crippen LogP contribution in [0.15, 0.2) is 121 Å². The Morgan fingerprint density at radius 3 is 1.76 bits per heavy atom. The van der Waals surface area contributed by atoms with Crippen LogP contribution in [0.25, 0.3) is 0 Å². The molecule has 0 aromatic heterocycles. The first-order valence-corrected chi connectivity index (χ1v) is 19.5. The smallest absolute Gasteiger partial charge is 0.126 e. The number of nitrogens with zero attached hydrogens (tertiary/aromatic N) is 1. The van der Waals surface area contributed by atoms with E-state index < -0.39 is 0 Å². The van der Waals surface area contributed by atoms with Crippen molar-refractivity contribution in [3.63, 3.8) is 0 Å². The van der Waals surface area contributed by atoms with Crippen molar-refractivity contribution in [2.45, 2.75) is 111 Å². The predicted octanol–water partition coefficient (Wildman–Crippen LogP) is 12.2. The van der Waals surface area contributed by atoms with Gasteiger partial charge in [-0.05, 0) is 69.9 Å². The third kappa shape index (κ3) is 10.2. The molecule has 0 aliphatic carbocycles. The first kappa shape index (κ1) is 37.5. The van der Waals surface area contributed by atoms with Crippen molar-refractivity contribution >= 4 is 13.9 Å². The van der Waals surface area contributed by atoms with Gasteiger partial charge in [0, 0.05) is 30.4 Å². The fraction of sp³-hybridized carbons (Fsp3) is 0.362. The molecule has 0 saturated carbocycles. The third-order valence-corrected chi connectivity index (χ3v) is 11.9. The molecule has 5 aromatic carbocycles. The van der Waals surface area contributed by atoms with Gasteiger partial charge in [-0.1, -0.05) is 184 Å². The lowest BCUT2D eigenvalue weighted by Gasteiger charge is -2.36. The van der Waals surface area contributed by atoms with E-state index in [2.05, 4.69) is 175 Å². The Balaban J connectivity index is 1.57. The summed E-state index contributed by atoms with van der Waals surface area (Å²) in [5.74, 6) is 1.07. The summed E-state index contributed by atoms with van der Waals surface area (Å²) in [5, 5.41) is 1.42. The van der Waals surface area contributed by atoms with Crippen LogP contribution in [0.1, 0.15) is 105 Å². The molecule has 262 valence electrons. The van der Waals surface area contributed by atoms with Gasteiger partial charge in [-0.15, -0.1) is 0 Å². The van der Waals surface area contributed by atoms with Gasteiger partial charge in [-0.25, -0.2) is 0 Å². The van der Waals surface area contributed by atoms with Crippen LogP contribution in [0.2, 0.25) is 0 Å². The summed E-state index contributed by atoms with van der Waals surface area (Å²) in [4.78, 5) is 2.61. The number of ether oxygens (including phenoxy) is 1. The van der Waals surface area contributed by atoms with E-state index in [1.807, 2.05) is 0 Å². The topological polar surface area (TPSA) is 12.5 Å². The largest absolute Gasteiger partial charge is 0.488 e. The lowest BCUT2D eigenvalue weighted by atomic mass is 9.82. The van der Waals surface area contributed by atoms with E-state index in [1.165, 1.54) is 69.1 Å². The zero-order chi connectivity index (χ0) is 35.6. The Kier molecular flexibility index (Phi) is 13.1. The summed E-state index contributed by atoms with van der Waals surface area (Å²) in [6.07, 6.45) is 4.77. The minimum atomic E-state index is -0.0856. The van der Waals surface area contributed by atoms with Crippen molar-refractivity contribution in [3.8, 4) is 5.75 Å².